The molecule has 1 heterocycles. The summed E-state index contributed by atoms with van der Waals surface area (Å²) in [4.78, 5) is 13.4. The van der Waals surface area contributed by atoms with Gasteiger partial charge in [-0.1, -0.05) is 0 Å². The number of piperazine rings is 1. The number of ether oxygens (including phenoxy) is 1. The van der Waals surface area contributed by atoms with E-state index in [1.807, 2.05) is 0 Å². The Morgan fingerprint density at radius 3 is 2.30 bits per heavy atom. The van der Waals surface area contributed by atoms with Crippen LogP contribution in [-0.2, 0) is 19.6 Å². The molecule has 1 amide bonds. The van der Waals surface area contributed by atoms with Crippen LogP contribution >= 0.6 is 0 Å². The van der Waals surface area contributed by atoms with Gasteiger partial charge < -0.3 is 10.1 Å². The molecule has 7 nitrogen and oxygen atoms in total. The van der Waals surface area contributed by atoms with E-state index in [0.717, 1.165) is 6.54 Å². The minimum absolute atomic E-state index is 0.187. The summed E-state index contributed by atoms with van der Waals surface area (Å²) in [5, 5.41) is 2.62. The van der Waals surface area contributed by atoms with Gasteiger partial charge in [-0.25, -0.2) is 8.42 Å². The molecule has 1 N–H and O–H groups in total. The lowest BCUT2D eigenvalue weighted by Crippen LogP contribution is -2.49. The molecule has 0 aromatic heterocycles. The standard InChI is InChI=1S/C15H23N3O4S/c1-13(19)16-14-3-5-15(6-4-14)23(20,21)18-9-7-17(8-10-18)11-12-22-2/h3-6H,7-12H2,1-2H3,(H,16,19). The first kappa shape index (κ1) is 17.9. The van der Waals surface area contributed by atoms with Crippen molar-refractivity contribution in [3.8, 4) is 0 Å². The third kappa shape index (κ3) is 4.74. The van der Waals surface area contributed by atoms with Crippen molar-refractivity contribution in [2.75, 3.05) is 51.8 Å². The van der Waals surface area contributed by atoms with Gasteiger partial charge in [-0.2, -0.15) is 4.31 Å². The van der Waals surface area contributed by atoms with Crippen molar-refractivity contribution < 1.29 is 17.9 Å². The third-order valence-electron chi connectivity index (χ3n) is 3.76. The number of benzene rings is 1. The van der Waals surface area contributed by atoms with Crippen LogP contribution in [0.3, 0.4) is 0 Å². The maximum atomic E-state index is 12.6. The Kier molecular flexibility index (Phi) is 6.11. The fourth-order valence-corrected chi connectivity index (χ4v) is 3.90. The van der Waals surface area contributed by atoms with Crippen LogP contribution in [0.2, 0.25) is 0 Å². The van der Waals surface area contributed by atoms with Crippen molar-refractivity contribution in [1.82, 2.24) is 9.21 Å². The van der Waals surface area contributed by atoms with Crippen molar-refractivity contribution in [2.45, 2.75) is 11.8 Å². The quantitative estimate of drug-likeness (QED) is 0.820. The summed E-state index contributed by atoms with van der Waals surface area (Å²) in [5.41, 5.74) is 0.584. The van der Waals surface area contributed by atoms with Gasteiger partial charge in [0.2, 0.25) is 15.9 Å². The van der Waals surface area contributed by atoms with Crippen molar-refractivity contribution in [3.63, 3.8) is 0 Å². The summed E-state index contributed by atoms with van der Waals surface area (Å²) in [5.74, 6) is -0.187. The summed E-state index contributed by atoms with van der Waals surface area (Å²) in [6.07, 6.45) is 0. The molecule has 0 spiro atoms. The van der Waals surface area contributed by atoms with Gasteiger partial charge in [0.05, 0.1) is 11.5 Å². The highest BCUT2D eigenvalue weighted by Gasteiger charge is 2.28. The van der Waals surface area contributed by atoms with E-state index < -0.39 is 10.0 Å². The summed E-state index contributed by atoms with van der Waals surface area (Å²) in [6, 6.07) is 6.25. The van der Waals surface area contributed by atoms with E-state index in [2.05, 4.69) is 10.2 Å². The molecular formula is C15H23N3O4S. The normalized spacial score (nSPS) is 17.1. The number of nitrogens with zero attached hydrogens (tertiary/aromatic N) is 2. The molecule has 128 valence electrons. The lowest BCUT2D eigenvalue weighted by Gasteiger charge is -2.33. The van der Waals surface area contributed by atoms with Gasteiger partial charge >= 0.3 is 0 Å². The summed E-state index contributed by atoms with van der Waals surface area (Å²) >= 11 is 0. The molecule has 1 aliphatic heterocycles. The van der Waals surface area contributed by atoms with E-state index in [1.54, 1.807) is 19.2 Å². The molecule has 1 aromatic rings. The molecule has 0 bridgehead atoms. The monoisotopic (exact) mass is 341 g/mol. The number of methoxy groups -OCH3 is 1. The zero-order chi connectivity index (χ0) is 16.9. The van der Waals surface area contributed by atoms with Crippen molar-refractivity contribution in [3.05, 3.63) is 24.3 Å². The van der Waals surface area contributed by atoms with Gasteiger partial charge in [-0.3, -0.25) is 9.69 Å². The number of hydrogen-bond acceptors (Lipinski definition) is 5. The fraction of sp³-hybridized carbons (Fsp3) is 0.533. The molecule has 0 unspecified atom stereocenters. The molecule has 1 aromatic carbocycles. The second kappa shape index (κ2) is 7.87. The van der Waals surface area contributed by atoms with E-state index in [-0.39, 0.29) is 10.8 Å². The van der Waals surface area contributed by atoms with Crippen LogP contribution in [-0.4, -0.2) is 70.0 Å². The largest absolute Gasteiger partial charge is 0.383 e. The Morgan fingerprint density at radius 1 is 1.17 bits per heavy atom. The summed E-state index contributed by atoms with van der Waals surface area (Å²) in [6.45, 7) is 5.22. The van der Waals surface area contributed by atoms with Crippen LogP contribution in [0.4, 0.5) is 5.69 Å². The average molecular weight is 341 g/mol. The Hall–Kier alpha value is -1.48. The van der Waals surface area contributed by atoms with Crippen molar-refractivity contribution >= 4 is 21.6 Å². The Labute approximate surface area is 137 Å². The molecule has 0 radical (unpaired) electrons. The molecule has 0 aliphatic carbocycles. The van der Waals surface area contributed by atoms with Crippen LogP contribution in [0.1, 0.15) is 6.92 Å². The number of nitrogens with one attached hydrogen (secondary N) is 1. The minimum Gasteiger partial charge on any atom is -0.383 e. The highest BCUT2D eigenvalue weighted by Crippen LogP contribution is 2.19. The maximum absolute atomic E-state index is 12.6. The second-order valence-corrected chi connectivity index (χ2v) is 7.38. The molecule has 1 aliphatic rings. The van der Waals surface area contributed by atoms with Crippen LogP contribution in [0.5, 0.6) is 0 Å². The summed E-state index contributed by atoms with van der Waals surface area (Å²) < 4.78 is 31.8. The second-order valence-electron chi connectivity index (χ2n) is 5.44. The molecular weight excluding hydrogens is 318 g/mol. The van der Waals surface area contributed by atoms with Gasteiger partial charge in [0, 0.05) is 52.4 Å². The Morgan fingerprint density at radius 2 is 1.78 bits per heavy atom. The van der Waals surface area contributed by atoms with Crippen LogP contribution < -0.4 is 5.32 Å². The van der Waals surface area contributed by atoms with Crippen molar-refractivity contribution in [1.29, 1.82) is 0 Å². The molecule has 23 heavy (non-hydrogen) atoms. The summed E-state index contributed by atoms with van der Waals surface area (Å²) in [7, 11) is -1.83. The molecule has 1 fully saturated rings. The first-order chi connectivity index (χ1) is 10.9. The SMILES string of the molecule is COCCN1CCN(S(=O)(=O)c2ccc(NC(C)=O)cc2)CC1. The van der Waals surface area contributed by atoms with E-state index in [4.69, 9.17) is 4.74 Å². The van der Waals surface area contributed by atoms with Crippen LogP contribution in [0.15, 0.2) is 29.2 Å². The number of anilines is 1. The van der Waals surface area contributed by atoms with Crippen LogP contribution in [0.25, 0.3) is 0 Å². The van der Waals surface area contributed by atoms with Gasteiger partial charge in [0.15, 0.2) is 0 Å². The predicted octanol–water partition coefficient (Wildman–Crippen LogP) is 0.598. The number of sulfonamides is 1. The lowest BCUT2D eigenvalue weighted by molar-refractivity contribution is -0.114. The van der Waals surface area contributed by atoms with Gasteiger partial charge in [-0.15, -0.1) is 0 Å². The van der Waals surface area contributed by atoms with Crippen molar-refractivity contribution in [2.24, 2.45) is 0 Å². The topological polar surface area (TPSA) is 79.0 Å². The van der Waals surface area contributed by atoms with Gasteiger partial charge in [0.25, 0.3) is 0 Å². The first-order valence-corrected chi connectivity index (χ1v) is 8.96. The van der Waals surface area contributed by atoms with Gasteiger partial charge in [0.1, 0.15) is 0 Å². The number of hydrogen-bond donors (Lipinski definition) is 1. The zero-order valence-corrected chi connectivity index (χ0v) is 14.3. The van der Waals surface area contributed by atoms with E-state index >= 15 is 0 Å². The Bertz CT molecular complexity index is 623. The van der Waals surface area contributed by atoms with E-state index in [1.165, 1.54) is 23.4 Å². The van der Waals surface area contributed by atoms with E-state index in [9.17, 15) is 13.2 Å². The number of amides is 1. The zero-order valence-electron chi connectivity index (χ0n) is 13.5. The lowest BCUT2D eigenvalue weighted by atomic mass is 10.3. The Balaban J connectivity index is 2.00. The number of rotatable bonds is 6. The van der Waals surface area contributed by atoms with Crippen LogP contribution in [0, 0.1) is 0 Å². The highest BCUT2D eigenvalue weighted by atomic mass is 32.2. The molecule has 0 saturated carbocycles. The predicted molar refractivity (Wildman–Crippen MR) is 87.8 cm³/mol. The third-order valence-corrected chi connectivity index (χ3v) is 5.67. The molecule has 8 heteroatoms. The minimum atomic E-state index is -3.49. The van der Waals surface area contributed by atoms with E-state index in [0.29, 0.717) is 38.5 Å². The fourth-order valence-electron chi connectivity index (χ4n) is 2.48. The maximum Gasteiger partial charge on any atom is 0.243 e. The first-order valence-electron chi connectivity index (χ1n) is 7.52. The number of carbonyl (C=O) groups is 1. The average Bonchev–Trinajstić information content (AvgIpc) is 2.53. The molecule has 0 atom stereocenters. The highest BCUT2D eigenvalue weighted by molar-refractivity contribution is 7.89. The smallest absolute Gasteiger partial charge is 0.243 e. The number of carbonyl (C=O) groups excluding carboxylic acids is 1. The molecule has 1 saturated heterocycles. The molecule has 2 rings (SSSR count). The van der Waals surface area contributed by atoms with Gasteiger partial charge in [-0.05, 0) is 24.3 Å².